The van der Waals surface area contributed by atoms with Crippen LogP contribution in [0.15, 0.2) is 48.2 Å². The van der Waals surface area contributed by atoms with Crippen molar-refractivity contribution in [1.29, 1.82) is 0 Å². The molecule has 0 saturated carbocycles. The van der Waals surface area contributed by atoms with Gasteiger partial charge in [0.25, 0.3) is 0 Å². The van der Waals surface area contributed by atoms with Crippen LogP contribution in [0.25, 0.3) is 21.8 Å². The molecule has 1 radical (unpaired) electrons. The van der Waals surface area contributed by atoms with Crippen molar-refractivity contribution in [3.63, 3.8) is 0 Å². The van der Waals surface area contributed by atoms with Gasteiger partial charge in [0.2, 0.25) is 0 Å². The van der Waals surface area contributed by atoms with Crippen LogP contribution in [-0.4, -0.2) is 97.0 Å². The van der Waals surface area contributed by atoms with Crippen LogP contribution in [0.3, 0.4) is 0 Å². The molecule has 13 heteroatoms. The third-order valence-corrected chi connectivity index (χ3v) is 9.80. The van der Waals surface area contributed by atoms with Gasteiger partial charge in [-0.25, -0.2) is 0 Å². The van der Waals surface area contributed by atoms with Crippen LogP contribution < -0.4 is 0 Å². The number of ether oxygens (including phenoxy) is 5. The third kappa shape index (κ3) is 6.56. The Bertz CT molecular complexity index is 1580. The number of aryl methyl sites for hydroxylation is 1. The number of aliphatic hydroxyl groups is 1. The molecule has 1 aromatic carbocycles. The molecule has 253 valence electrons. The van der Waals surface area contributed by atoms with E-state index < -0.39 is 48.5 Å². The summed E-state index contributed by atoms with van der Waals surface area (Å²) in [7, 11) is 7.01. The normalized spacial score (nSPS) is 30.3. The second kappa shape index (κ2) is 14.4. The Morgan fingerprint density at radius 2 is 2.09 bits per heavy atom. The van der Waals surface area contributed by atoms with Crippen molar-refractivity contribution in [3.05, 3.63) is 54.4 Å². The van der Waals surface area contributed by atoms with Crippen LogP contribution in [-0.2, 0) is 28.5 Å². The fourth-order valence-corrected chi connectivity index (χ4v) is 7.12. The van der Waals surface area contributed by atoms with Crippen molar-refractivity contribution in [1.82, 2.24) is 14.9 Å². The van der Waals surface area contributed by atoms with Crippen molar-refractivity contribution >= 4 is 35.5 Å². The molecule has 2 N–H and O–H groups in total. The number of hydrogen-bond donors (Lipinski definition) is 2. The molecular weight excluding hydrogens is 603 g/mol. The molecule has 9 atom stereocenters. The summed E-state index contributed by atoms with van der Waals surface area (Å²) in [4.78, 5) is 28.1. The van der Waals surface area contributed by atoms with Gasteiger partial charge in [-0.3, -0.25) is 0 Å². The Morgan fingerprint density at radius 3 is 2.74 bits per heavy atom. The van der Waals surface area contributed by atoms with Crippen LogP contribution in [0.4, 0.5) is 4.79 Å². The molecule has 4 heterocycles. The summed E-state index contributed by atoms with van der Waals surface area (Å²) in [5.74, 6) is -0.0140. The van der Waals surface area contributed by atoms with E-state index in [1.165, 1.54) is 6.08 Å². The molecule has 0 aliphatic carbocycles. The fourth-order valence-electron chi connectivity index (χ4n) is 7.12. The number of aromatic amines is 1. The van der Waals surface area contributed by atoms with Gasteiger partial charge in [0.15, 0.2) is 0 Å². The van der Waals surface area contributed by atoms with Gasteiger partial charge in [0, 0.05) is 0 Å². The number of aromatic nitrogens is 2. The van der Waals surface area contributed by atoms with Crippen molar-refractivity contribution in [2.24, 2.45) is 16.4 Å². The van der Waals surface area contributed by atoms with Gasteiger partial charge in [-0.2, -0.15) is 0 Å². The second-order valence-electron chi connectivity index (χ2n) is 13.1. The summed E-state index contributed by atoms with van der Waals surface area (Å²) in [5, 5.41) is 17.6. The summed E-state index contributed by atoms with van der Waals surface area (Å²) in [5.41, 5.74) is 2.17. The topological polar surface area (TPSA) is 137 Å². The van der Waals surface area contributed by atoms with Crippen molar-refractivity contribution in [3.8, 4) is 0 Å². The zero-order valence-electron chi connectivity index (χ0n) is 28.2. The molecule has 2 aliphatic heterocycles. The van der Waals surface area contributed by atoms with Crippen LogP contribution in [0.2, 0.25) is 0 Å². The summed E-state index contributed by atoms with van der Waals surface area (Å²) in [6, 6.07) is 7.76. The van der Waals surface area contributed by atoms with E-state index >= 15 is 0 Å². The number of carbonyl (C=O) groups excluding carboxylic acids is 1. The maximum absolute atomic E-state index is 12.9. The van der Waals surface area contributed by atoms with Gasteiger partial charge < -0.3 is 0 Å². The maximum atomic E-state index is 12.9. The number of carbonyl (C=O) groups is 1. The Morgan fingerprint density at radius 1 is 1.32 bits per heavy atom. The number of pyridine rings is 1. The summed E-state index contributed by atoms with van der Waals surface area (Å²) in [6.07, 6.45) is -1.97. The van der Waals surface area contributed by atoms with E-state index in [0.717, 1.165) is 27.4 Å². The average molecular weight is 650 g/mol. The SMILES string of the molecule is [B]=NOC1OC(C)C(C)(C(O)c2nccc3c2[nH]c2ccc(C)cc23)C(OC)C1OC1CC(C)C(N(C(=O)OCC=C)C(C)C)CO1. The molecule has 1 amide bonds. The van der Waals surface area contributed by atoms with Crippen LogP contribution in [0.1, 0.15) is 58.4 Å². The van der Waals surface area contributed by atoms with Crippen molar-refractivity contribution in [2.45, 2.75) is 97.0 Å². The van der Waals surface area contributed by atoms with Gasteiger partial charge in [-0.1, -0.05) is 24.3 Å². The van der Waals surface area contributed by atoms with Crippen molar-refractivity contribution < 1.29 is 38.4 Å². The molecule has 5 rings (SSSR count). The zero-order valence-corrected chi connectivity index (χ0v) is 28.2. The number of rotatable bonds is 11. The first kappa shape index (κ1) is 35.0. The Hall–Kier alpha value is -3.36. The van der Waals surface area contributed by atoms with Crippen molar-refractivity contribution in [2.75, 3.05) is 20.3 Å². The number of benzene rings is 1. The number of nitrogens with one attached hydrogen (secondary N) is 1. The first-order valence-electron chi connectivity index (χ1n) is 16.1. The molecule has 12 nitrogen and oxygen atoms in total. The van der Waals surface area contributed by atoms with Gasteiger partial charge in [-0.15, -0.1) is 0 Å². The van der Waals surface area contributed by atoms with Crippen LogP contribution >= 0.6 is 0 Å². The van der Waals surface area contributed by atoms with E-state index in [0.29, 0.717) is 12.1 Å². The Labute approximate surface area is 276 Å². The molecule has 3 aromatic rings. The molecule has 0 spiro atoms. The van der Waals surface area contributed by atoms with E-state index in [2.05, 4.69) is 27.7 Å². The first-order valence-corrected chi connectivity index (χ1v) is 16.1. The molecular formula is C34H46BN4O8. The van der Waals surface area contributed by atoms with E-state index in [9.17, 15) is 9.90 Å². The summed E-state index contributed by atoms with van der Waals surface area (Å²) >= 11 is 0. The Kier molecular flexibility index (Phi) is 10.7. The number of hydrogen-bond acceptors (Lipinski definition) is 10. The molecule has 2 saturated heterocycles. The predicted octanol–water partition coefficient (Wildman–Crippen LogP) is 5.28. The number of nitrogens with zero attached hydrogens (tertiary/aromatic N) is 3. The van der Waals surface area contributed by atoms with Gasteiger partial charge in [0.05, 0.1) is 0 Å². The summed E-state index contributed by atoms with van der Waals surface area (Å²) in [6.45, 7) is 15.6. The number of fused-ring (bicyclic) bond motifs is 3. The first-order chi connectivity index (χ1) is 22.5. The quantitative estimate of drug-likeness (QED) is 0.162. The average Bonchev–Trinajstić information content (AvgIpc) is 3.41. The molecule has 0 bridgehead atoms. The molecule has 9 unspecified atom stereocenters. The van der Waals surface area contributed by atoms with Gasteiger partial charge >= 0.3 is 239 Å². The predicted molar refractivity (Wildman–Crippen MR) is 177 cm³/mol. The van der Waals surface area contributed by atoms with Gasteiger partial charge in [-0.05, 0) is 6.92 Å². The number of amides is 1. The van der Waals surface area contributed by atoms with E-state index in [1.54, 1.807) is 18.2 Å². The van der Waals surface area contributed by atoms with E-state index in [-0.39, 0.29) is 31.2 Å². The number of aliphatic hydroxyl groups excluding tert-OH is 1. The van der Waals surface area contributed by atoms with E-state index in [1.807, 2.05) is 59.7 Å². The zero-order chi connectivity index (χ0) is 34.0. The van der Waals surface area contributed by atoms with Crippen LogP contribution in [0, 0.1) is 18.3 Å². The summed E-state index contributed by atoms with van der Waals surface area (Å²) < 4.78 is 30.6. The second-order valence-corrected chi connectivity index (χ2v) is 13.1. The standard InChI is InChI=1S/C34H46BN4O8/c1-9-14-43-33(41)39(18(2)3)25-17-44-26(16-20(25)5)46-29-31(42-8)34(7,21(6)45-32(29)47-38-35)30(40)28-27-22(12-13-36-28)23-15-19(4)10-11-24(23)37-27/h9-13,15,18,20-21,25-26,29-32,37,40H,1,14,16-17H2,2-8H3. The Balaban J connectivity index is 1.43. The molecule has 47 heavy (non-hydrogen) atoms. The third-order valence-electron chi connectivity index (χ3n) is 9.80. The minimum absolute atomic E-state index is 0.0140. The fraction of sp³-hybridized carbons (Fsp3) is 0.588. The van der Waals surface area contributed by atoms with E-state index in [4.69, 9.17) is 36.2 Å². The number of methoxy groups -OCH3 is 1. The monoisotopic (exact) mass is 649 g/mol. The van der Waals surface area contributed by atoms with Gasteiger partial charge in [0.1, 0.15) is 6.61 Å². The molecule has 2 aliphatic rings. The number of H-pyrrole nitrogens is 1. The molecule has 2 fully saturated rings. The molecule has 2 aromatic heterocycles. The minimum atomic E-state index is -1.15. The van der Waals surface area contributed by atoms with Crippen LogP contribution in [0.5, 0.6) is 0 Å².